The Bertz CT molecular complexity index is 245. The van der Waals surface area contributed by atoms with Gasteiger partial charge in [0.25, 0.3) is 0 Å². The van der Waals surface area contributed by atoms with Gasteiger partial charge in [-0.2, -0.15) is 0 Å². The Balaban J connectivity index is -0.000000120. The third-order valence-corrected chi connectivity index (χ3v) is 5.02. The fourth-order valence-electron chi connectivity index (χ4n) is 0.783. The van der Waals surface area contributed by atoms with Crippen LogP contribution in [-0.4, -0.2) is 80.3 Å². The molecule has 82 valence electrons. The predicted octanol–water partition coefficient (Wildman–Crippen LogP) is -8.61. The molecule has 0 aromatic carbocycles. The van der Waals surface area contributed by atoms with Crippen molar-refractivity contribution >= 4 is 74.3 Å². The SMILES string of the molecule is CC(N)CC(P(=O)([O-])O)P(=O)([O-])O.[Na+].[Na+].[Na].[Na]. The molecule has 0 aliphatic rings. The summed E-state index contributed by atoms with van der Waals surface area (Å²) in [6.07, 6.45) is -0.533. The van der Waals surface area contributed by atoms with Crippen LogP contribution in [0.5, 0.6) is 0 Å². The Hall–Kier alpha value is 4.26. The molecule has 0 aromatic rings. The quantitative estimate of drug-likeness (QED) is 0.344. The zero-order valence-electron chi connectivity index (χ0n) is 10.9. The van der Waals surface area contributed by atoms with E-state index in [4.69, 9.17) is 15.5 Å². The number of rotatable bonds is 4. The first kappa shape index (κ1) is 33.0. The van der Waals surface area contributed by atoms with Gasteiger partial charge in [0.2, 0.25) is 0 Å². The minimum absolute atomic E-state index is 0. The standard InChI is InChI=1S/C4H13NO6P2.4Na/c1-3(5)2-4(12(6,7)8)13(9,10)11;;;;/h3-4H,2,5H2,1H3,(H2,6,7,8)(H2,9,10,11);;;;/q;;;2*+1/p-2. The second kappa shape index (κ2) is 13.9. The van der Waals surface area contributed by atoms with Crippen LogP contribution in [0.1, 0.15) is 13.3 Å². The largest absolute Gasteiger partial charge is 1.00 e. The number of hydrogen-bond acceptors (Lipinski definition) is 5. The van der Waals surface area contributed by atoms with Crippen molar-refractivity contribution in [1.82, 2.24) is 0 Å². The Morgan fingerprint density at radius 2 is 1.35 bits per heavy atom. The van der Waals surface area contributed by atoms with Crippen LogP contribution in [0.3, 0.4) is 0 Å². The van der Waals surface area contributed by atoms with Crippen LogP contribution in [0.4, 0.5) is 0 Å². The van der Waals surface area contributed by atoms with Gasteiger partial charge in [-0.3, -0.25) is 0 Å². The molecule has 0 bridgehead atoms. The smallest absolute Gasteiger partial charge is 0.778 e. The van der Waals surface area contributed by atoms with E-state index in [0.717, 1.165) is 0 Å². The molecule has 17 heavy (non-hydrogen) atoms. The van der Waals surface area contributed by atoms with Gasteiger partial charge in [0.1, 0.15) is 15.2 Å². The average Bonchev–Trinajstić information content (AvgIpc) is 1.77. The van der Waals surface area contributed by atoms with Gasteiger partial charge in [-0.25, -0.2) is 0 Å². The van der Waals surface area contributed by atoms with Crippen LogP contribution in [-0.2, 0) is 9.13 Å². The molecule has 3 unspecified atom stereocenters. The normalized spacial score (nSPS) is 19.6. The van der Waals surface area contributed by atoms with Gasteiger partial charge in [-0.15, -0.1) is 0 Å². The van der Waals surface area contributed by atoms with Crippen LogP contribution in [0, 0.1) is 0 Å². The van der Waals surface area contributed by atoms with Crippen molar-refractivity contribution in [2.75, 3.05) is 0 Å². The first-order valence-corrected chi connectivity index (χ1v) is 6.67. The molecule has 0 fully saturated rings. The number of nitrogens with two attached hydrogens (primary N) is 1. The summed E-state index contributed by atoms with van der Waals surface area (Å²) in [5, 5.41) is -2.21. The van der Waals surface area contributed by atoms with Gasteiger partial charge < -0.3 is 34.4 Å². The summed E-state index contributed by atoms with van der Waals surface area (Å²) in [4.78, 5) is 38.0. The molecule has 2 radical (unpaired) electrons. The van der Waals surface area contributed by atoms with E-state index in [1.54, 1.807) is 0 Å². The summed E-state index contributed by atoms with van der Waals surface area (Å²) in [5.74, 6) is 0. The fourth-order valence-corrected chi connectivity index (χ4v) is 3.46. The molecule has 3 atom stereocenters. The monoisotopic (exact) mass is 323 g/mol. The van der Waals surface area contributed by atoms with E-state index in [9.17, 15) is 18.9 Å². The molecule has 0 aliphatic carbocycles. The first-order chi connectivity index (χ1) is 5.55. The molecule has 0 heterocycles. The van der Waals surface area contributed by atoms with Crippen molar-refractivity contribution < 1.29 is 87.8 Å². The third-order valence-electron chi connectivity index (χ3n) is 1.34. The van der Waals surface area contributed by atoms with Crippen molar-refractivity contribution in [2.45, 2.75) is 24.8 Å². The van der Waals surface area contributed by atoms with Crippen molar-refractivity contribution in [3.63, 3.8) is 0 Å². The van der Waals surface area contributed by atoms with E-state index in [0.29, 0.717) is 0 Å². The molecule has 0 amide bonds. The summed E-state index contributed by atoms with van der Waals surface area (Å²) in [6.45, 7) is 1.36. The van der Waals surface area contributed by atoms with E-state index in [1.165, 1.54) is 6.92 Å². The maximum Gasteiger partial charge on any atom is 1.00 e. The molecule has 0 aliphatic heterocycles. The zero-order chi connectivity index (χ0) is 10.9. The van der Waals surface area contributed by atoms with Crippen molar-refractivity contribution in [3.05, 3.63) is 0 Å². The Morgan fingerprint density at radius 1 is 1.12 bits per heavy atom. The molecule has 0 rings (SSSR count). The van der Waals surface area contributed by atoms with E-state index in [2.05, 4.69) is 0 Å². The third kappa shape index (κ3) is 16.5. The second-order valence-electron chi connectivity index (χ2n) is 2.82. The first-order valence-electron chi connectivity index (χ1n) is 3.37. The van der Waals surface area contributed by atoms with Crippen LogP contribution in [0.25, 0.3) is 0 Å². The molecule has 0 saturated heterocycles. The van der Waals surface area contributed by atoms with Gasteiger partial charge >= 0.3 is 59.1 Å². The minimum atomic E-state index is -5.11. The van der Waals surface area contributed by atoms with Crippen LogP contribution >= 0.6 is 15.2 Å². The van der Waals surface area contributed by atoms with E-state index < -0.39 is 33.1 Å². The molecular weight excluding hydrogens is 312 g/mol. The van der Waals surface area contributed by atoms with E-state index in [-0.39, 0.29) is 118 Å². The summed E-state index contributed by atoms with van der Waals surface area (Å²) in [7, 11) is -10.2. The molecule has 13 heteroatoms. The molecule has 4 N–H and O–H groups in total. The van der Waals surface area contributed by atoms with Gasteiger partial charge in [0.15, 0.2) is 0 Å². The second-order valence-corrected chi connectivity index (χ2v) is 6.73. The predicted molar refractivity (Wildman–Crippen MR) is 53.2 cm³/mol. The van der Waals surface area contributed by atoms with Gasteiger partial charge in [-0.1, -0.05) is 0 Å². The minimum Gasteiger partial charge on any atom is -0.778 e. The maximum atomic E-state index is 10.5. The Morgan fingerprint density at radius 3 is 1.41 bits per heavy atom. The maximum absolute atomic E-state index is 10.5. The molecule has 7 nitrogen and oxygen atoms in total. The van der Waals surface area contributed by atoms with Crippen LogP contribution < -0.4 is 74.6 Å². The van der Waals surface area contributed by atoms with Crippen LogP contribution in [0.2, 0.25) is 0 Å². The topological polar surface area (TPSA) is 147 Å². The van der Waals surface area contributed by atoms with Gasteiger partial charge in [0.05, 0.1) is 5.40 Å². The van der Waals surface area contributed by atoms with Crippen LogP contribution in [0.15, 0.2) is 0 Å². The van der Waals surface area contributed by atoms with E-state index >= 15 is 0 Å². The molecule has 0 aromatic heterocycles. The van der Waals surface area contributed by atoms with Crippen molar-refractivity contribution in [3.8, 4) is 0 Å². The van der Waals surface area contributed by atoms with Crippen molar-refractivity contribution in [1.29, 1.82) is 0 Å². The molecular formula is C4H11NNa4O6P2. The summed E-state index contributed by atoms with van der Waals surface area (Å²) in [5.41, 5.74) is 5.14. The van der Waals surface area contributed by atoms with Gasteiger partial charge in [0, 0.05) is 65.2 Å². The van der Waals surface area contributed by atoms with Gasteiger partial charge in [-0.05, 0) is 13.3 Å². The summed E-state index contributed by atoms with van der Waals surface area (Å²) >= 11 is 0. The molecule has 0 saturated carbocycles. The Labute approximate surface area is 189 Å². The van der Waals surface area contributed by atoms with Crippen molar-refractivity contribution in [2.24, 2.45) is 5.73 Å². The summed E-state index contributed by atoms with van der Waals surface area (Å²) in [6, 6.07) is -0.756. The average molecular weight is 323 g/mol. The number of hydrogen-bond donors (Lipinski definition) is 3. The summed E-state index contributed by atoms with van der Waals surface area (Å²) < 4.78 is 21.0. The molecule has 0 spiro atoms. The fraction of sp³-hybridized carbons (Fsp3) is 1.00. The zero-order valence-corrected chi connectivity index (χ0v) is 20.6. The Kier molecular flexibility index (Phi) is 27.0. The van der Waals surface area contributed by atoms with E-state index in [1.807, 2.05) is 0 Å².